The first-order valence-corrected chi connectivity index (χ1v) is 11.1. The smallest absolute Gasteiger partial charge is 0.295 e. The molecule has 4 rings (SSSR count). The van der Waals surface area contributed by atoms with Gasteiger partial charge in [0.1, 0.15) is 11.5 Å². The van der Waals surface area contributed by atoms with Gasteiger partial charge in [-0.15, -0.1) is 0 Å². The molecule has 7 nitrogen and oxygen atoms in total. The Morgan fingerprint density at radius 2 is 1.91 bits per heavy atom. The molecular formula is C26H27N3O4. The molecule has 1 N–H and O–H groups in total. The summed E-state index contributed by atoms with van der Waals surface area (Å²) in [5.41, 5.74) is 1.32. The van der Waals surface area contributed by atoms with E-state index in [1.807, 2.05) is 48.0 Å². The predicted molar refractivity (Wildman–Crippen MR) is 125 cm³/mol. The molecule has 170 valence electrons. The Balaban J connectivity index is 1.72. The van der Waals surface area contributed by atoms with Gasteiger partial charge >= 0.3 is 0 Å². The molecule has 1 amide bonds. The number of amides is 1. The van der Waals surface area contributed by atoms with Crippen LogP contribution < -0.4 is 4.74 Å². The van der Waals surface area contributed by atoms with E-state index in [4.69, 9.17) is 4.74 Å². The standard InChI is InChI=1S/C26H27N3O4/c1-2-16-33-21-11-6-10-20(17-21)23-22(24(30)19-8-4-3-5-9-19)25(31)26(32)29(23)14-7-13-28-15-12-27-18-28/h3-6,8-12,15,17-18,23,30H,2,7,13-14,16H2,1H3/t23-/m1/s1. The molecule has 3 aromatic rings. The van der Waals surface area contributed by atoms with Crippen LogP contribution in [0, 0.1) is 0 Å². The number of likely N-dealkylation sites (tertiary alicyclic amines) is 1. The maximum absolute atomic E-state index is 13.1. The van der Waals surface area contributed by atoms with Crippen molar-refractivity contribution in [2.24, 2.45) is 0 Å². The molecule has 0 saturated carbocycles. The molecule has 0 spiro atoms. The molecule has 0 unspecified atom stereocenters. The number of aliphatic hydroxyl groups excluding tert-OH is 1. The zero-order chi connectivity index (χ0) is 23.2. The van der Waals surface area contributed by atoms with Crippen molar-refractivity contribution in [2.75, 3.05) is 13.2 Å². The molecule has 1 fully saturated rings. The molecule has 7 heteroatoms. The van der Waals surface area contributed by atoms with Crippen molar-refractivity contribution in [2.45, 2.75) is 32.4 Å². The highest BCUT2D eigenvalue weighted by Gasteiger charge is 2.45. The van der Waals surface area contributed by atoms with Crippen LogP contribution in [-0.4, -0.2) is 44.4 Å². The van der Waals surface area contributed by atoms with Gasteiger partial charge < -0.3 is 19.3 Å². The van der Waals surface area contributed by atoms with E-state index in [1.54, 1.807) is 41.7 Å². The lowest BCUT2D eigenvalue weighted by molar-refractivity contribution is -0.139. The summed E-state index contributed by atoms with van der Waals surface area (Å²) in [6.45, 7) is 3.62. The van der Waals surface area contributed by atoms with Gasteiger partial charge in [0.05, 0.1) is 24.5 Å². The molecule has 1 aliphatic rings. The molecule has 1 aliphatic heterocycles. The van der Waals surface area contributed by atoms with Crippen LogP contribution in [0.4, 0.5) is 0 Å². The van der Waals surface area contributed by atoms with Gasteiger partial charge in [-0.3, -0.25) is 9.59 Å². The van der Waals surface area contributed by atoms with E-state index in [2.05, 4.69) is 4.98 Å². The van der Waals surface area contributed by atoms with Crippen molar-refractivity contribution in [1.82, 2.24) is 14.5 Å². The number of imidazole rings is 1. The number of carbonyl (C=O) groups excluding carboxylic acids is 2. The highest BCUT2D eigenvalue weighted by Crippen LogP contribution is 2.40. The molecule has 33 heavy (non-hydrogen) atoms. The highest BCUT2D eigenvalue weighted by atomic mass is 16.5. The highest BCUT2D eigenvalue weighted by molar-refractivity contribution is 6.46. The van der Waals surface area contributed by atoms with Crippen LogP contribution in [0.2, 0.25) is 0 Å². The quantitative estimate of drug-likeness (QED) is 0.303. The zero-order valence-electron chi connectivity index (χ0n) is 18.6. The van der Waals surface area contributed by atoms with Gasteiger partial charge in [-0.2, -0.15) is 0 Å². The Morgan fingerprint density at radius 3 is 2.64 bits per heavy atom. The number of hydrogen-bond donors (Lipinski definition) is 1. The second-order valence-corrected chi connectivity index (χ2v) is 7.93. The number of nitrogens with zero attached hydrogens (tertiary/aromatic N) is 3. The topological polar surface area (TPSA) is 84.7 Å². The van der Waals surface area contributed by atoms with E-state index in [9.17, 15) is 14.7 Å². The number of carbonyl (C=O) groups is 2. The molecule has 0 aliphatic carbocycles. The van der Waals surface area contributed by atoms with Crippen molar-refractivity contribution < 1.29 is 19.4 Å². The summed E-state index contributed by atoms with van der Waals surface area (Å²) in [4.78, 5) is 31.8. The van der Waals surface area contributed by atoms with Gasteiger partial charge in [-0.1, -0.05) is 49.4 Å². The second kappa shape index (κ2) is 10.2. The lowest BCUT2D eigenvalue weighted by Crippen LogP contribution is -2.31. The molecule has 1 atom stereocenters. The molecule has 0 bridgehead atoms. The van der Waals surface area contributed by atoms with Crippen molar-refractivity contribution in [3.63, 3.8) is 0 Å². The van der Waals surface area contributed by atoms with Gasteiger partial charge in [0.25, 0.3) is 11.7 Å². The number of hydrogen-bond acceptors (Lipinski definition) is 5. The second-order valence-electron chi connectivity index (χ2n) is 7.93. The van der Waals surface area contributed by atoms with E-state index in [1.165, 1.54) is 0 Å². The van der Waals surface area contributed by atoms with Crippen LogP contribution in [0.25, 0.3) is 5.76 Å². The first kappa shape index (κ1) is 22.3. The average Bonchev–Trinajstić information content (AvgIpc) is 3.45. The number of benzene rings is 2. The molecule has 2 heterocycles. The molecular weight excluding hydrogens is 418 g/mol. The first-order chi connectivity index (χ1) is 16.1. The molecule has 1 saturated heterocycles. The lowest BCUT2D eigenvalue weighted by Gasteiger charge is -2.25. The average molecular weight is 446 g/mol. The minimum absolute atomic E-state index is 0.0986. The third-order valence-corrected chi connectivity index (χ3v) is 5.61. The Morgan fingerprint density at radius 1 is 1.09 bits per heavy atom. The fourth-order valence-corrected chi connectivity index (χ4v) is 4.05. The van der Waals surface area contributed by atoms with Crippen LogP contribution in [-0.2, 0) is 16.1 Å². The van der Waals surface area contributed by atoms with Crippen LogP contribution in [0.1, 0.15) is 36.9 Å². The van der Waals surface area contributed by atoms with Gasteiger partial charge in [0.15, 0.2) is 0 Å². The SMILES string of the molecule is CCCOc1cccc([C@@H]2C(=C(O)c3ccccc3)C(=O)C(=O)N2CCCn2ccnc2)c1. The Labute approximate surface area is 192 Å². The first-order valence-electron chi connectivity index (χ1n) is 11.1. The van der Waals surface area contributed by atoms with Gasteiger partial charge in [-0.25, -0.2) is 4.98 Å². The summed E-state index contributed by atoms with van der Waals surface area (Å²) >= 11 is 0. The minimum atomic E-state index is -0.696. The van der Waals surface area contributed by atoms with Crippen molar-refractivity contribution in [3.05, 3.63) is 90.0 Å². The number of ether oxygens (including phenoxy) is 1. The fourth-order valence-electron chi connectivity index (χ4n) is 4.05. The van der Waals surface area contributed by atoms with Crippen LogP contribution in [0.5, 0.6) is 5.75 Å². The number of aromatic nitrogens is 2. The maximum Gasteiger partial charge on any atom is 0.295 e. The van der Waals surface area contributed by atoms with E-state index in [-0.39, 0.29) is 11.3 Å². The third-order valence-electron chi connectivity index (χ3n) is 5.61. The monoisotopic (exact) mass is 445 g/mol. The lowest BCUT2D eigenvalue weighted by atomic mass is 9.95. The largest absolute Gasteiger partial charge is 0.507 e. The zero-order valence-corrected chi connectivity index (χ0v) is 18.6. The Kier molecular flexibility index (Phi) is 6.88. The molecule has 1 aromatic heterocycles. The van der Waals surface area contributed by atoms with Gasteiger partial charge in [0, 0.05) is 31.0 Å². The number of aryl methyl sites for hydroxylation is 1. The predicted octanol–water partition coefficient (Wildman–Crippen LogP) is 4.18. The number of aliphatic hydroxyl groups is 1. The normalized spacial score (nSPS) is 17.5. The van der Waals surface area contributed by atoms with Gasteiger partial charge in [0.2, 0.25) is 0 Å². The molecule has 2 aromatic carbocycles. The Hall–Kier alpha value is -3.87. The van der Waals surface area contributed by atoms with E-state index >= 15 is 0 Å². The van der Waals surface area contributed by atoms with E-state index < -0.39 is 17.7 Å². The summed E-state index contributed by atoms with van der Waals surface area (Å²) in [5.74, 6) is -0.791. The minimum Gasteiger partial charge on any atom is -0.507 e. The summed E-state index contributed by atoms with van der Waals surface area (Å²) < 4.78 is 7.70. The fraction of sp³-hybridized carbons (Fsp3) is 0.269. The van der Waals surface area contributed by atoms with Crippen molar-refractivity contribution >= 4 is 17.4 Å². The third kappa shape index (κ3) is 4.82. The van der Waals surface area contributed by atoms with Crippen LogP contribution >= 0.6 is 0 Å². The van der Waals surface area contributed by atoms with Crippen LogP contribution in [0.3, 0.4) is 0 Å². The summed E-state index contributed by atoms with van der Waals surface area (Å²) in [7, 11) is 0. The van der Waals surface area contributed by atoms with E-state index in [0.717, 1.165) is 12.0 Å². The number of ketones is 1. The van der Waals surface area contributed by atoms with Crippen molar-refractivity contribution in [1.29, 1.82) is 0 Å². The number of rotatable bonds is 9. The van der Waals surface area contributed by atoms with Gasteiger partial charge in [-0.05, 0) is 30.5 Å². The summed E-state index contributed by atoms with van der Waals surface area (Å²) in [6, 6.07) is 15.5. The Bertz CT molecular complexity index is 1140. The summed E-state index contributed by atoms with van der Waals surface area (Å²) in [5, 5.41) is 11.1. The number of Topliss-reactive ketones (excluding diaryl/α,β-unsaturated/α-hetero) is 1. The maximum atomic E-state index is 13.1. The van der Waals surface area contributed by atoms with E-state index in [0.29, 0.717) is 37.4 Å². The van der Waals surface area contributed by atoms with Crippen molar-refractivity contribution in [3.8, 4) is 5.75 Å². The molecule has 0 radical (unpaired) electrons. The van der Waals surface area contributed by atoms with Crippen LogP contribution in [0.15, 0.2) is 78.9 Å². The summed E-state index contributed by atoms with van der Waals surface area (Å²) in [6.07, 6.45) is 6.78.